The van der Waals surface area contributed by atoms with Gasteiger partial charge in [0.1, 0.15) is 0 Å². The molecule has 0 aromatic rings. The van der Waals surface area contributed by atoms with E-state index in [0.29, 0.717) is 18.8 Å². The lowest BCUT2D eigenvalue weighted by Crippen LogP contribution is -2.38. The van der Waals surface area contributed by atoms with E-state index >= 15 is 0 Å². The smallest absolute Gasteiger partial charge is 0.0707 e. The second-order valence-electron chi connectivity index (χ2n) is 5.34. The minimum absolute atomic E-state index is 0.326. The summed E-state index contributed by atoms with van der Waals surface area (Å²) in [6, 6.07) is 0. The van der Waals surface area contributed by atoms with E-state index in [0.717, 1.165) is 25.4 Å². The Bertz CT molecular complexity index is 206. The van der Waals surface area contributed by atoms with Crippen molar-refractivity contribution in [3.05, 3.63) is 0 Å². The van der Waals surface area contributed by atoms with Gasteiger partial charge in [0.2, 0.25) is 0 Å². The normalized spacial score (nSPS) is 30.9. The SMILES string of the molecule is CCN(CC1CCC1)CC1CCC(CN)O1. The van der Waals surface area contributed by atoms with E-state index < -0.39 is 0 Å². The number of likely N-dealkylation sites (N-methyl/N-ethyl adjacent to an activating group) is 1. The molecule has 94 valence electrons. The second kappa shape index (κ2) is 5.99. The predicted octanol–water partition coefficient (Wildman–Crippen LogP) is 1.61. The van der Waals surface area contributed by atoms with Gasteiger partial charge in [-0.15, -0.1) is 0 Å². The lowest BCUT2D eigenvalue weighted by molar-refractivity contribution is 0.0222. The Labute approximate surface area is 99.3 Å². The first-order chi connectivity index (χ1) is 7.81. The van der Waals surface area contributed by atoms with E-state index in [1.807, 2.05) is 0 Å². The monoisotopic (exact) mass is 226 g/mol. The van der Waals surface area contributed by atoms with E-state index in [2.05, 4.69) is 11.8 Å². The van der Waals surface area contributed by atoms with Crippen LogP contribution in [0.25, 0.3) is 0 Å². The molecule has 1 saturated carbocycles. The molecule has 2 fully saturated rings. The Kier molecular flexibility index (Phi) is 4.62. The average Bonchev–Trinajstić information content (AvgIpc) is 2.69. The maximum absolute atomic E-state index is 5.91. The molecule has 0 spiro atoms. The third kappa shape index (κ3) is 3.19. The van der Waals surface area contributed by atoms with Gasteiger partial charge in [-0.3, -0.25) is 0 Å². The molecule has 0 amide bonds. The molecule has 2 atom stereocenters. The molecule has 2 aliphatic rings. The zero-order valence-corrected chi connectivity index (χ0v) is 10.5. The minimum Gasteiger partial charge on any atom is -0.372 e. The zero-order chi connectivity index (χ0) is 11.4. The molecular weight excluding hydrogens is 200 g/mol. The molecule has 1 aliphatic heterocycles. The van der Waals surface area contributed by atoms with Crippen LogP contribution in [0.3, 0.4) is 0 Å². The van der Waals surface area contributed by atoms with Gasteiger partial charge in [0, 0.05) is 19.6 Å². The van der Waals surface area contributed by atoms with Crippen LogP contribution < -0.4 is 5.73 Å². The molecule has 0 radical (unpaired) electrons. The Morgan fingerprint density at radius 1 is 1.12 bits per heavy atom. The van der Waals surface area contributed by atoms with Crippen molar-refractivity contribution < 1.29 is 4.74 Å². The molecule has 16 heavy (non-hydrogen) atoms. The molecule has 1 saturated heterocycles. The zero-order valence-electron chi connectivity index (χ0n) is 10.5. The lowest BCUT2D eigenvalue weighted by Gasteiger charge is -2.33. The Morgan fingerprint density at radius 2 is 1.88 bits per heavy atom. The number of hydrogen-bond acceptors (Lipinski definition) is 3. The van der Waals surface area contributed by atoms with Crippen LogP contribution in [0, 0.1) is 5.92 Å². The van der Waals surface area contributed by atoms with Crippen molar-refractivity contribution in [1.29, 1.82) is 0 Å². The van der Waals surface area contributed by atoms with Gasteiger partial charge in [-0.05, 0) is 38.1 Å². The van der Waals surface area contributed by atoms with Crippen molar-refractivity contribution >= 4 is 0 Å². The van der Waals surface area contributed by atoms with Crippen molar-refractivity contribution in [2.45, 2.75) is 51.2 Å². The maximum Gasteiger partial charge on any atom is 0.0707 e. The van der Waals surface area contributed by atoms with Gasteiger partial charge in [-0.25, -0.2) is 0 Å². The van der Waals surface area contributed by atoms with Crippen LogP contribution in [0.1, 0.15) is 39.0 Å². The van der Waals surface area contributed by atoms with E-state index in [1.165, 1.54) is 32.2 Å². The first-order valence-corrected chi connectivity index (χ1v) is 6.89. The molecule has 2 rings (SSSR count). The Hall–Kier alpha value is -0.120. The first kappa shape index (κ1) is 12.3. The fourth-order valence-electron chi connectivity index (χ4n) is 2.75. The molecule has 0 aromatic heterocycles. The molecule has 1 heterocycles. The van der Waals surface area contributed by atoms with Crippen molar-refractivity contribution in [3.63, 3.8) is 0 Å². The number of nitrogens with zero attached hydrogens (tertiary/aromatic N) is 1. The van der Waals surface area contributed by atoms with Gasteiger partial charge in [-0.2, -0.15) is 0 Å². The fraction of sp³-hybridized carbons (Fsp3) is 1.00. The summed E-state index contributed by atoms with van der Waals surface area (Å²) in [4.78, 5) is 2.56. The Balaban J connectivity index is 1.69. The van der Waals surface area contributed by atoms with Crippen LogP contribution in [0.5, 0.6) is 0 Å². The van der Waals surface area contributed by atoms with E-state index in [-0.39, 0.29) is 0 Å². The summed E-state index contributed by atoms with van der Waals surface area (Å²) < 4.78 is 5.91. The van der Waals surface area contributed by atoms with Crippen LogP contribution in [0.2, 0.25) is 0 Å². The van der Waals surface area contributed by atoms with Crippen molar-refractivity contribution in [2.75, 3.05) is 26.2 Å². The summed E-state index contributed by atoms with van der Waals surface area (Å²) in [6.07, 6.45) is 7.43. The molecule has 3 nitrogen and oxygen atoms in total. The van der Waals surface area contributed by atoms with E-state index in [4.69, 9.17) is 10.5 Å². The van der Waals surface area contributed by atoms with Gasteiger partial charge >= 0.3 is 0 Å². The molecule has 3 heteroatoms. The third-order valence-electron chi connectivity index (χ3n) is 4.11. The number of ether oxygens (including phenoxy) is 1. The number of nitrogens with two attached hydrogens (primary N) is 1. The highest BCUT2D eigenvalue weighted by Crippen LogP contribution is 2.28. The van der Waals surface area contributed by atoms with Crippen LogP contribution in [-0.4, -0.2) is 43.3 Å². The highest BCUT2D eigenvalue weighted by molar-refractivity contribution is 4.79. The van der Waals surface area contributed by atoms with Crippen molar-refractivity contribution in [3.8, 4) is 0 Å². The fourth-order valence-corrected chi connectivity index (χ4v) is 2.75. The second-order valence-corrected chi connectivity index (χ2v) is 5.34. The maximum atomic E-state index is 5.91. The summed E-state index contributed by atoms with van der Waals surface area (Å²) in [5.74, 6) is 0.964. The van der Waals surface area contributed by atoms with Crippen LogP contribution in [0.4, 0.5) is 0 Å². The van der Waals surface area contributed by atoms with Gasteiger partial charge in [0.05, 0.1) is 12.2 Å². The summed E-state index contributed by atoms with van der Waals surface area (Å²) in [6.45, 7) is 6.50. The van der Waals surface area contributed by atoms with E-state index in [9.17, 15) is 0 Å². The number of rotatable bonds is 6. The van der Waals surface area contributed by atoms with Crippen LogP contribution in [0.15, 0.2) is 0 Å². The summed E-state index contributed by atoms with van der Waals surface area (Å²) in [5, 5.41) is 0. The van der Waals surface area contributed by atoms with Gasteiger partial charge < -0.3 is 15.4 Å². The molecule has 2 N–H and O–H groups in total. The Morgan fingerprint density at radius 3 is 2.38 bits per heavy atom. The summed E-state index contributed by atoms with van der Waals surface area (Å²) >= 11 is 0. The van der Waals surface area contributed by atoms with Crippen molar-refractivity contribution in [1.82, 2.24) is 4.90 Å². The average molecular weight is 226 g/mol. The van der Waals surface area contributed by atoms with Crippen molar-refractivity contribution in [2.24, 2.45) is 11.7 Å². The minimum atomic E-state index is 0.326. The highest BCUT2D eigenvalue weighted by Gasteiger charge is 2.27. The van der Waals surface area contributed by atoms with E-state index in [1.54, 1.807) is 0 Å². The first-order valence-electron chi connectivity index (χ1n) is 6.89. The summed E-state index contributed by atoms with van der Waals surface area (Å²) in [5.41, 5.74) is 5.63. The lowest BCUT2D eigenvalue weighted by atomic mass is 9.85. The van der Waals surface area contributed by atoms with Gasteiger partial charge in [0.15, 0.2) is 0 Å². The summed E-state index contributed by atoms with van der Waals surface area (Å²) in [7, 11) is 0. The third-order valence-corrected chi connectivity index (χ3v) is 4.11. The molecular formula is C13H26N2O. The largest absolute Gasteiger partial charge is 0.372 e. The number of hydrogen-bond donors (Lipinski definition) is 1. The molecule has 0 aromatic carbocycles. The molecule has 2 unspecified atom stereocenters. The predicted molar refractivity (Wildman–Crippen MR) is 66.4 cm³/mol. The quantitative estimate of drug-likeness (QED) is 0.748. The van der Waals surface area contributed by atoms with Crippen LogP contribution >= 0.6 is 0 Å². The molecule has 1 aliphatic carbocycles. The van der Waals surface area contributed by atoms with Gasteiger partial charge in [0.25, 0.3) is 0 Å². The highest BCUT2D eigenvalue weighted by atomic mass is 16.5. The van der Waals surface area contributed by atoms with Crippen LogP contribution in [-0.2, 0) is 4.74 Å². The topological polar surface area (TPSA) is 38.5 Å². The molecule has 0 bridgehead atoms. The standard InChI is InChI=1S/C13H26N2O/c1-2-15(9-11-4-3-5-11)10-13-7-6-12(8-14)16-13/h11-13H,2-10,14H2,1H3. The van der Waals surface area contributed by atoms with Gasteiger partial charge in [-0.1, -0.05) is 13.3 Å².